The van der Waals surface area contributed by atoms with E-state index in [1.807, 2.05) is 24.3 Å². The fraction of sp³-hybridized carbons (Fsp3) is 0.278. The molecular weight excluding hydrogens is 260 g/mol. The first-order chi connectivity index (χ1) is 10.1. The molecule has 0 saturated carbocycles. The van der Waals surface area contributed by atoms with Gasteiger partial charge in [-0.1, -0.05) is 37.3 Å². The number of amides is 1. The lowest BCUT2D eigenvalue weighted by Crippen LogP contribution is -2.06. The van der Waals surface area contributed by atoms with E-state index in [0.717, 1.165) is 18.7 Å². The summed E-state index contributed by atoms with van der Waals surface area (Å²) in [5.74, 6) is -0.0478. The molecule has 110 valence electrons. The number of hydrogen-bond donors (Lipinski definition) is 2. The van der Waals surface area contributed by atoms with Gasteiger partial charge in [-0.2, -0.15) is 0 Å². The Labute approximate surface area is 126 Å². The topological polar surface area (TPSA) is 41.1 Å². The Morgan fingerprint density at radius 1 is 1.10 bits per heavy atom. The van der Waals surface area contributed by atoms with Gasteiger partial charge in [0.15, 0.2) is 0 Å². The Morgan fingerprint density at radius 3 is 2.43 bits per heavy atom. The lowest BCUT2D eigenvalue weighted by Gasteiger charge is -2.14. The van der Waals surface area contributed by atoms with E-state index in [4.69, 9.17) is 0 Å². The van der Waals surface area contributed by atoms with Crippen LogP contribution < -0.4 is 10.6 Å². The summed E-state index contributed by atoms with van der Waals surface area (Å²) in [6.07, 6.45) is 1.02. The summed E-state index contributed by atoms with van der Waals surface area (Å²) in [6.45, 7) is 6.58. The molecule has 21 heavy (non-hydrogen) atoms. The van der Waals surface area contributed by atoms with Crippen molar-refractivity contribution in [3.05, 3.63) is 59.2 Å². The molecule has 0 atom stereocenters. The van der Waals surface area contributed by atoms with Gasteiger partial charge in [-0.25, -0.2) is 0 Å². The molecule has 0 saturated heterocycles. The number of aryl methyl sites for hydroxylation is 2. The van der Waals surface area contributed by atoms with E-state index >= 15 is 0 Å². The predicted molar refractivity (Wildman–Crippen MR) is 88.6 cm³/mol. The minimum absolute atomic E-state index is 0.0478. The van der Waals surface area contributed by atoms with Gasteiger partial charge in [0.1, 0.15) is 0 Å². The van der Waals surface area contributed by atoms with Crippen molar-refractivity contribution in [3.8, 4) is 0 Å². The van der Waals surface area contributed by atoms with Crippen molar-refractivity contribution in [2.75, 3.05) is 10.6 Å². The fourth-order valence-corrected chi connectivity index (χ4v) is 2.38. The second-order valence-corrected chi connectivity index (χ2v) is 5.19. The Bertz CT molecular complexity index is 618. The van der Waals surface area contributed by atoms with Crippen molar-refractivity contribution in [1.29, 1.82) is 0 Å². The summed E-state index contributed by atoms with van der Waals surface area (Å²) in [6, 6.07) is 14.3. The highest BCUT2D eigenvalue weighted by Crippen LogP contribution is 2.22. The fourth-order valence-electron chi connectivity index (χ4n) is 2.38. The smallest absolute Gasteiger partial charge is 0.221 e. The average molecular weight is 282 g/mol. The molecule has 0 bridgehead atoms. The molecule has 0 aliphatic rings. The summed E-state index contributed by atoms with van der Waals surface area (Å²) in [4.78, 5) is 11.0. The number of para-hydroxylation sites is 1. The molecule has 2 rings (SSSR count). The first-order valence-electron chi connectivity index (χ1n) is 7.29. The van der Waals surface area contributed by atoms with E-state index in [-0.39, 0.29) is 5.91 Å². The molecule has 0 aliphatic carbocycles. The van der Waals surface area contributed by atoms with E-state index in [9.17, 15) is 4.79 Å². The highest BCUT2D eigenvalue weighted by Gasteiger charge is 2.04. The lowest BCUT2D eigenvalue weighted by atomic mass is 10.1. The summed E-state index contributed by atoms with van der Waals surface area (Å²) in [5, 5.41) is 6.30. The molecule has 0 radical (unpaired) electrons. The van der Waals surface area contributed by atoms with Crippen LogP contribution in [0, 0.1) is 6.92 Å². The van der Waals surface area contributed by atoms with Crippen LogP contribution in [0.3, 0.4) is 0 Å². The van der Waals surface area contributed by atoms with Gasteiger partial charge in [-0.15, -0.1) is 0 Å². The molecular formula is C18H22N2O. The van der Waals surface area contributed by atoms with Gasteiger partial charge in [-0.3, -0.25) is 4.79 Å². The number of carbonyl (C=O) groups excluding carboxylic acids is 1. The van der Waals surface area contributed by atoms with Crippen molar-refractivity contribution in [1.82, 2.24) is 0 Å². The Morgan fingerprint density at radius 2 is 1.81 bits per heavy atom. The molecule has 0 aromatic heterocycles. The highest BCUT2D eigenvalue weighted by atomic mass is 16.1. The molecule has 3 heteroatoms. The van der Waals surface area contributed by atoms with E-state index in [2.05, 4.69) is 42.7 Å². The summed E-state index contributed by atoms with van der Waals surface area (Å²) < 4.78 is 0. The maximum Gasteiger partial charge on any atom is 0.221 e. The van der Waals surface area contributed by atoms with Crippen LogP contribution in [0.2, 0.25) is 0 Å². The quantitative estimate of drug-likeness (QED) is 0.865. The molecule has 0 unspecified atom stereocenters. The first-order valence-corrected chi connectivity index (χ1v) is 7.29. The molecule has 0 aliphatic heterocycles. The zero-order valence-electron chi connectivity index (χ0n) is 12.9. The van der Waals surface area contributed by atoms with Crippen LogP contribution in [0.1, 0.15) is 30.5 Å². The SMILES string of the molecule is CCc1cccc(C)c1NCc1ccc(NC(C)=O)cc1. The number of hydrogen-bond acceptors (Lipinski definition) is 2. The van der Waals surface area contributed by atoms with Crippen molar-refractivity contribution in [3.63, 3.8) is 0 Å². The van der Waals surface area contributed by atoms with Crippen molar-refractivity contribution in [2.45, 2.75) is 33.7 Å². The average Bonchev–Trinajstić information content (AvgIpc) is 2.46. The summed E-state index contributed by atoms with van der Waals surface area (Å²) >= 11 is 0. The Hall–Kier alpha value is -2.29. The van der Waals surface area contributed by atoms with Gasteiger partial charge in [-0.05, 0) is 42.2 Å². The summed E-state index contributed by atoms with van der Waals surface area (Å²) in [5.41, 5.74) is 5.85. The molecule has 0 heterocycles. The van der Waals surface area contributed by atoms with Crippen LogP contribution in [0.4, 0.5) is 11.4 Å². The van der Waals surface area contributed by atoms with Crippen molar-refractivity contribution < 1.29 is 4.79 Å². The van der Waals surface area contributed by atoms with Crippen molar-refractivity contribution >= 4 is 17.3 Å². The number of benzene rings is 2. The third kappa shape index (κ3) is 4.09. The third-order valence-electron chi connectivity index (χ3n) is 3.48. The molecule has 0 spiro atoms. The third-order valence-corrected chi connectivity index (χ3v) is 3.48. The van der Waals surface area contributed by atoms with E-state index in [0.29, 0.717) is 0 Å². The largest absolute Gasteiger partial charge is 0.381 e. The van der Waals surface area contributed by atoms with E-state index in [1.165, 1.54) is 29.3 Å². The minimum atomic E-state index is -0.0478. The molecule has 3 nitrogen and oxygen atoms in total. The number of carbonyl (C=O) groups is 1. The van der Waals surface area contributed by atoms with Gasteiger partial charge < -0.3 is 10.6 Å². The van der Waals surface area contributed by atoms with Gasteiger partial charge in [0.05, 0.1) is 0 Å². The van der Waals surface area contributed by atoms with Gasteiger partial charge in [0, 0.05) is 24.8 Å². The number of anilines is 2. The second kappa shape index (κ2) is 6.93. The molecule has 2 N–H and O–H groups in total. The van der Waals surface area contributed by atoms with Crippen LogP contribution in [0.25, 0.3) is 0 Å². The second-order valence-electron chi connectivity index (χ2n) is 5.19. The summed E-state index contributed by atoms with van der Waals surface area (Å²) in [7, 11) is 0. The van der Waals surface area contributed by atoms with Crippen LogP contribution in [-0.2, 0) is 17.8 Å². The number of rotatable bonds is 5. The zero-order valence-corrected chi connectivity index (χ0v) is 12.9. The van der Waals surface area contributed by atoms with Gasteiger partial charge in [0.25, 0.3) is 0 Å². The standard InChI is InChI=1S/C18H22N2O/c1-4-16-7-5-6-13(2)18(16)19-12-15-8-10-17(11-9-15)20-14(3)21/h5-11,19H,4,12H2,1-3H3,(H,20,21). The van der Waals surface area contributed by atoms with E-state index < -0.39 is 0 Å². The van der Waals surface area contributed by atoms with Crippen LogP contribution in [-0.4, -0.2) is 5.91 Å². The molecule has 2 aromatic carbocycles. The van der Waals surface area contributed by atoms with Crippen molar-refractivity contribution in [2.24, 2.45) is 0 Å². The van der Waals surface area contributed by atoms with Crippen LogP contribution in [0.15, 0.2) is 42.5 Å². The van der Waals surface area contributed by atoms with Crippen LogP contribution in [0.5, 0.6) is 0 Å². The van der Waals surface area contributed by atoms with Crippen LogP contribution >= 0.6 is 0 Å². The predicted octanol–water partition coefficient (Wildman–Crippen LogP) is 4.13. The monoisotopic (exact) mass is 282 g/mol. The lowest BCUT2D eigenvalue weighted by molar-refractivity contribution is -0.114. The van der Waals surface area contributed by atoms with Gasteiger partial charge in [0.2, 0.25) is 5.91 Å². The zero-order chi connectivity index (χ0) is 15.2. The highest BCUT2D eigenvalue weighted by molar-refractivity contribution is 5.88. The Balaban J connectivity index is 2.05. The number of nitrogens with one attached hydrogen (secondary N) is 2. The maximum atomic E-state index is 11.0. The van der Waals surface area contributed by atoms with E-state index in [1.54, 1.807) is 0 Å². The molecule has 2 aromatic rings. The Kier molecular flexibility index (Phi) is 4.99. The molecule has 1 amide bonds. The maximum absolute atomic E-state index is 11.0. The minimum Gasteiger partial charge on any atom is -0.381 e. The van der Waals surface area contributed by atoms with Gasteiger partial charge >= 0.3 is 0 Å². The first kappa shape index (κ1) is 15.1. The molecule has 0 fully saturated rings. The normalized spacial score (nSPS) is 10.2.